The summed E-state index contributed by atoms with van der Waals surface area (Å²) in [5.74, 6) is 0.922. The lowest BCUT2D eigenvalue weighted by molar-refractivity contribution is 0.359. The Hall–Kier alpha value is -2.06. The van der Waals surface area contributed by atoms with E-state index in [1.807, 2.05) is 42.5 Å². The molecule has 2 aromatic carbocycles. The molecule has 0 heterocycles. The van der Waals surface area contributed by atoms with Crippen LogP contribution in [-0.4, -0.2) is 13.2 Å². The molecule has 0 radical (unpaired) electrons. The Kier molecular flexibility index (Phi) is 5.20. The molecule has 19 heavy (non-hydrogen) atoms. The van der Waals surface area contributed by atoms with Gasteiger partial charge in [0.25, 0.3) is 0 Å². The van der Waals surface area contributed by atoms with Crippen molar-refractivity contribution >= 4 is 6.08 Å². The Morgan fingerprint density at radius 1 is 0.947 bits per heavy atom. The Bertz CT molecular complexity index is 520. The average Bonchev–Trinajstić information content (AvgIpc) is 2.47. The van der Waals surface area contributed by atoms with Crippen LogP contribution in [0, 0.1) is 0 Å². The average molecular weight is 253 g/mol. The highest BCUT2D eigenvalue weighted by Gasteiger charge is 2.00. The van der Waals surface area contributed by atoms with E-state index in [4.69, 9.17) is 10.5 Å². The third-order valence-electron chi connectivity index (χ3n) is 2.83. The van der Waals surface area contributed by atoms with Gasteiger partial charge in [0.15, 0.2) is 0 Å². The van der Waals surface area contributed by atoms with Crippen LogP contribution in [-0.2, 0) is 6.42 Å². The molecular weight excluding hydrogens is 234 g/mol. The van der Waals surface area contributed by atoms with Crippen molar-refractivity contribution in [2.24, 2.45) is 5.73 Å². The maximum Gasteiger partial charge on any atom is 0.123 e. The van der Waals surface area contributed by atoms with Crippen molar-refractivity contribution in [3.8, 4) is 5.75 Å². The summed E-state index contributed by atoms with van der Waals surface area (Å²) < 4.78 is 5.77. The lowest BCUT2D eigenvalue weighted by atomic mass is 10.1. The maximum atomic E-state index is 5.77. The summed E-state index contributed by atoms with van der Waals surface area (Å²) in [5.41, 5.74) is 7.94. The standard InChI is InChI=1S/C17H19NO/c18-13-12-16-10-4-5-11-17(16)19-14-6-9-15-7-2-1-3-8-15/h1-11H,12-14,18H2/b9-6+. The number of para-hydroxylation sites is 1. The first kappa shape index (κ1) is 13.4. The fraction of sp³-hybridized carbons (Fsp3) is 0.176. The van der Waals surface area contributed by atoms with Gasteiger partial charge in [0.05, 0.1) is 0 Å². The van der Waals surface area contributed by atoms with Gasteiger partial charge in [-0.05, 0) is 36.2 Å². The summed E-state index contributed by atoms with van der Waals surface area (Å²) in [5, 5.41) is 0. The molecule has 0 fully saturated rings. The van der Waals surface area contributed by atoms with E-state index in [9.17, 15) is 0 Å². The SMILES string of the molecule is NCCc1ccccc1OC/C=C/c1ccccc1. The lowest BCUT2D eigenvalue weighted by Gasteiger charge is -2.08. The largest absolute Gasteiger partial charge is 0.489 e. The van der Waals surface area contributed by atoms with E-state index in [0.717, 1.165) is 17.7 Å². The second kappa shape index (κ2) is 7.39. The molecule has 0 unspecified atom stereocenters. The van der Waals surface area contributed by atoms with Gasteiger partial charge in [-0.25, -0.2) is 0 Å². The van der Waals surface area contributed by atoms with Crippen molar-refractivity contribution in [1.29, 1.82) is 0 Å². The van der Waals surface area contributed by atoms with Gasteiger partial charge < -0.3 is 10.5 Å². The van der Waals surface area contributed by atoms with Gasteiger partial charge in [0.1, 0.15) is 12.4 Å². The number of hydrogen-bond donors (Lipinski definition) is 1. The van der Waals surface area contributed by atoms with E-state index in [-0.39, 0.29) is 0 Å². The van der Waals surface area contributed by atoms with Crippen LogP contribution >= 0.6 is 0 Å². The first-order valence-corrected chi connectivity index (χ1v) is 6.52. The van der Waals surface area contributed by atoms with Crippen LogP contribution < -0.4 is 10.5 Å². The zero-order valence-electron chi connectivity index (χ0n) is 11.0. The predicted octanol–water partition coefficient (Wildman–Crippen LogP) is 3.28. The second-order valence-corrected chi connectivity index (χ2v) is 4.27. The molecule has 0 bridgehead atoms. The van der Waals surface area contributed by atoms with E-state index in [1.54, 1.807) is 0 Å². The smallest absolute Gasteiger partial charge is 0.123 e. The second-order valence-electron chi connectivity index (χ2n) is 4.27. The third-order valence-corrected chi connectivity index (χ3v) is 2.83. The van der Waals surface area contributed by atoms with Crippen LogP contribution in [0.5, 0.6) is 5.75 Å². The van der Waals surface area contributed by atoms with E-state index in [0.29, 0.717) is 13.2 Å². The molecule has 0 aliphatic carbocycles. The zero-order chi connectivity index (χ0) is 13.3. The molecule has 0 amide bonds. The van der Waals surface area contributed by atoms with Gasteiger partial charge >= 0.3 is 0 Å². The van der Waals surface area contributed by atoms with Crippen LogP contribution in [0.25, 0.3) is 6.08 Å². The minimum atomic E-state index is 0.566. The maximum absolute atomic E-state index is 5.77. The van der Waals surface area contributed by atoms with Crippen LogP contribution in [0.3, 0.4) is 0 Å². The van der Waals surface area contributed by atoms with Crippen LogP contribution in [0.4, 0.5) is 0 Å². The van der Waals surface area contributed by atoms with Crippen LogP contribution in [0.15, 0.2) is 60.7 Å². The molecular formula is C17H19NO. The first-order chi connectivity index (χ1) is 9.40. The van der Waals surface area contributed by atoms with Gasteiger partial charge in [-0.1, -0.05) is 54.6 Å². The molecule has 2 aromatic rings. The number of hydrogen-bond acceptors (Lipinski definition) is 2. The van der Waals surface area contributed by atoms with Gasteiger partial charge in [-0.3, -0.25) is 0 Å². The Balaban J connectivity index is 1.91. The van der Waals surface area contributed by atoms with E-state index in [2.05, 4.69) is 24.3 Å². The van der Waals surface area contributed by atoms with E-state index >= 15 is 0 Å². The minimum Gasteiger partial charge on any atom is -0.489 e. The van der Waals surface area contributed by atoms with Gasteiger partial charge in [0.2, 0.25) is 0 Å². The summed E-state index contributed by atoms with van der Waals surface area (Å²) in [7, 11) is 0. The highest BCUT2D eigenvalue weighted by Crippen LogP contribution is 2.18. The highest BCUT2D eigenvalue weighted by atomic mass is 16.5. The third kappa shape index (κ3) is 4.27. The highest BCUT2D eigenvalue weighted by molar-refractivity contribution is 5.48. The van der Waals surface area contributed by atoms with Crippen molar-refractivity contribution < 1.29 is 4.74 Å². The quantitative estimate of drug-likeness (QED) is 0.857. The summed E-state index contributed by atoms with van der Waals surface area (Å²) in [6.07, 6.45) is 4.93. The fourth-order valence-electron chi connectivity index (χ4n) is 1.89. The molecule has 0 saturated heterocycles. The first-order valence-electron chi connectivity index (χ1n) is 6.52. The Labute approximate surface area is 114 Å². The summed E-state index contributed by atoms with van der Waals surface area (Å²) in [4.78, 5) is 0. The van der Waals surface area contributed by atoms with Crippen LogP contribution in [0.1, 0.15) is 11.1 Å². The Morgan fingerprint density at radius 2 is 1.68 bits per heavy atom. The topological polar surface area (TPSA) is 35.2 Å². The summed E-state index contributed by atoms with van der Waals surface area (Å²) >= 11 is 0. The number of ether oxygens (including phenoxy) is 1. The van der Waals surface area contributed by atoms with E-state index in [1.165, 1.54) is 5.56 Å². The van der Waals surface area contributed by atoms with Gasteiger partial charge in [-0.15, -0.1) is 0 Å². The molecule has 98 valence electrons. The lowest BCUT2D eigenvalue weighted by Crippen LogP contribution is -2.05. The normalized spacial score (nSPS) is 10.8. The van der Waals surface area contributed by atoms with Gasteiger partial charge in [0, 0.05) is 0 Å². The molecule has 2 N–H and O–H groups in total. The number of benzene rings is 2. The van der Waals surface area contributed by atoms with Crippen molar-refractivity contribution in [2.75, 3.05) is 13.2 Å². The number of rotatable bonds is 6. The zero-order valence-corrected chi connectivity index (χ0v) is 11.0. The van der Waals surface area contributed by atoms with Crippen LogP contribution in [0.2, 0.25) is 0 Å². The summed E-state index contributed by atoms with van der Waals surface area (Å²) in [6, 6.07) is 18.2. The van der Waals surface area contributed by atoms with Gasteiger partial charge in [-0.2, -0.15) is 0 Å². The number of nitrogens with two attached hydrogens (primary N) is 1. The fourth-order valence-corrected chi connectivity index (χ4v) is 1.89. The monoisotopic (exact) mass is 253 g/mol. The van der Waals surface area contributed by atoms with Crippen molar-refractivity contribution in [3.63, 3.8) is 0 Å². The molecule has 0 aliphatic heterocycles. The van der Waals surface area contributed by atoms with Crippen molar-refractivity contribution in [3.05, 3.63) is 71.8 Å². The molecule has 2 heteroatoms. The van der Waals surface area contributed by atoms with Crippen molar-refractivity contribution in [1.82, 2.24) is 0 Å². The Morgan fingerprint density at radius 3 is 2.47 bits per heavy atom. The summed E-state index contributed by atoms with van der Waals surface area (Å²) in [6.45, 7) is 1.21. The molecule has 0 aliphatic rings. The predicted molar refractivity (Wildman–Crippen MR) is 80.2 cm³/mol. The molecule has 0 saturated carbocycles. The molecule has 0 atom stereocenters. The van der Waals surface area contributed by atoms with E-state index < -0.39 is 0 Å². The molecule has 0 spiro atoms. The molecule has 2 nitrogen and oxygen atoms in total. The van der Waals surface area contributed by atoms with Crippen molar-refractivity contribution in [2.45, 2.75) is 6.42 Å². The molecule has 2 rings (SSSR count). The molecule has 0 aromatic heterocycles. The minimum absolute atomic E-state index is 0.566.